The molecule has 1 aliphatic heterocycles. The van der Waals surface area contributed by atoms with E-state index < -0.39 is 17.9 Å². The van der Waals surface area contributed by atoms with Crippen LogP contribution >= 0.6 is 11.6 Å². The molecule has 0 bridgehead atoms. The Morgan fingerprint density at radius 3 is 2.68 bits per heavy atom. The van der Waals surface area contributed by atoms with Gasteiger partial charge in [0.05, 0.1) is 18.4 Å². The average molecular weight is 571 g/mol. The zero-order valence-electron chi connectivity index (χ0n) is 22.2. The Morgan fingerprint density at radius 2 is 1.93 bits per heavy atom. The van der Waals surface area contributed by atoms with Crippen molar-refractivity contribution in [3.8, 4) is 5.69 Å². The second kappa shape index (κ2) is 12.6. The summed E-state index contributed by atoms with van der Waals surface area (Å²) in [7, 11) is 1.35. The number of amides is 2. The van der Waals surface area contributed by atoms with Crippen LogP contribution in [0.25, 0.3) is 11.8 Å². The van der Waals surface area contributed by atoms with Gasteiger partial charge < -0.3 is 15.0 Å². The number of halogens is 1. The van der Waals surface area contributed by atoms with Crippen molar-refractivity contribution in [1.82, 2.24) is 30.4 Å². The molecule has 5 rings (SSSR count). The Kier molecular flexibility index (Phi) is 8.50. The summed E-state index contributed by atoms with van der Waals surface area (Å²) in [4.78, 5) is 40.9. The number of aromatic nitrogens is 4. The summed E-state index contributed by atoms with van der Waals surface area (Å²) in [5.74, 6) is -1.04. The van der Waals surface area contributed by atoms with Crippen molar-refractivity contribution in [1.29, 1.82) is 0 Å². The lowest BCUT2D eigenvalue weighted by molar-refractivity contribution is -0.136. The number of nitrogens with zero attached hydrogens (tertiary/aromatic N) is 5. The Bertz CT molecular complexity index is 1590. The largest absolute Gasteiger partial charge is 0.465 e. The number of esters is 1. The van der Waals surface area contributed by atoms with Crippen LogP contribution in [0.5, 0.6) is 0 Å². The number of methoxy groups -OCH3 is 1. The maximum atomic E-state index is 13.8. The number of carbonyl (C=O) groups is 3. The maximum absolute atomic E-state index is 13.8. The van der Waals surface area contributed by atoms with E-state index in [1.54, 1.807) is 41.3 Å². The van der Waals surface area contributed by atoms with E-state index in [1.165, 1.54) is 24.2 Å². The fraction of sp³-hybridized carbons (Fsp3) is 0.200. The fourth-order valence-electron chi connectivity index (χ4n) is 4.89. The SMILES string of the molecule is COC(=O)c1cccc2c1CCN(C(=O)C(Cc1ccccc1)NC(=O)C=Cc1cc(Cl)ccc1-n1cnnn1)C2. The van der Waals surface area contributed by atoms with E-state index in [-0.39, 0.29) is 5.91 Å². The quantitative estimate of drug-likeness (QED) is 0.255. The molecule has 1 aromatic heterocycles. The molecule has 1 unspecified atom stereocenters. The molecule has 1 N–H and O–H groups in total. The highest BCUT2D eigenvalue weighted by atomic mass is 35.5. The third kappa shape index (κ3) is 6.50. The summed E-state index contributed by atoms with van der Waals surface area (Å²) in [6.07, 6.45) is 5.23. The highest BCUT2D eigenvalue weighted by Gasteiger charge is 2.30. The first-order valence-corrected chi connectivity index (χ1v) is 13.3. The molecule has 0 aliphatic carbocycles. The Hall–Kier alpha value is -4.83. The third-order valence-corrected chi connectivity index (χ3v) is 7.11. The van der Waals surface area contributed by atoms with Crippen LogP contribution in [-0.2, 0) is 33.7 Å². The first-order valence-electron chi connectivity index (χ1n) is 13.0. The van der Waals surface area contributed by atoms with Crippen LogP contribution in [0.1, 0.15) is 32.6 Å². The highest BCUT2D eigenvalue weighted by molar-refractivity contribution is 6.30. The molecule has 2 heterocycles. The van der Waals surface area contributed by atoms with Gasteiger partial charge in [-0.3, -0.25) is 9.59 Å². The molecule has 0 fully saturated rings. The highest BCUT2D eigenvalue weighted by Crippen LogP contribution is 2.24. The van der Waals surface area contributed by atoms with Gasteiger partial charge in [0.2, 0.25) is 11.8 Å². The minimum absolute atomic E-state index is 0.207. The van der Waals surface area contributed by atoms with E-state index >= 15 is 0 Å². The molecule has 0 saturated carbocycles. The second-order valence-corrected chi connectivity index (χ2v) is 9.92. The number of ether oxygens (including phenoxy) is 1. The van der Waals surface area contributed by atoms with E-state index in [2.05, 4.69) is 20.8 Å². The molecular formula is C30H27ClN6O4. The van der Waals surface area contributed by atoms with Crippen molar-refractivity contribution >= 4 is 35.5 Å². The number of tetrazole rings is 1. The molecule has 208 valence electrons. The van der Waals surface area contributed by atoms with Crippen LogP contribution in [0.15, 0.2) is 79.1 Å². The van der Waals surface area contributed by atoms with Crippen LogP contribution in [0.2, 0.25) is 5.02 Å². The lowest BCUT2D eigenvalue weighted by atomic mass is 9.93. The van der Waals surface area contributed by atoms with E-state index in [1.807, 2.05) is 36.4 Å². The van der Waals surface area contributed by atoms with Gasteiger partial charge in [-0.15, -0.1) is 5.10 Å². The number of nitrogens with one attached hydrogen (secondary N) is 1. The smallest absolute Gasteiger partial charge is 0.338 e. The molecule has 10 nitrogen and oxygen atoms in total. The third-order valence-electron chi connectivity index (χ3n) is 6.88. The first kappa shape index (κ1) is 27.7. The van der Waals surface area contributed by atoms with Gasteiger partial charge in [-0.05, 0) is 63.9 Å². The summed E-state index contributed by atoms with van der Waals surface area (Å²) in [5.41, 5.74) is 4.46. The molecule has 11 heteroatoms. The number of hydrogen-bond donors (Lipinski definition) is 1. The predicted molar refractivity (Wildman–Crippen MR) is 152 cm³/mol. The molecule has 3 aromatic carbocycles. The molecule has 1 aliphatic rings. The van der Waals surface area contributed by atoms with Crippen molar-refractivity contribution in [3.05, 3.63) is 112 Å². The van der Waals surface area contributed by atoms with Gasteiger partial charge in [0, 0.05) is 36.2 Å². The van der Waals surface area contributed by atoms with Gasteiger partial charge in [0.25, 0.3) is 0 Å². The Labute approximate surface area is 241 Å². The standard InChI is InChI=1S/C30H27ClN6O4/c1-41-30(40)25-9-5-8-22-18-36(15-14-24(22)25)29(39)26(16-20-6-3-2-4-7-20)33-28(38)13-10-21-17-23(31)11-12-27(21)37-19-32-34-35-37/h2-13,17,19,26H,14-16,18H2,1H3,(H,33,38). The van der Waals surface area contributed by atoms with Crippen molar-refractivity contribution in [2.75, 3.05) is 13.7 Å². The van der Waals surface area contributed by atoms with Gasteiger partial charge in [-0.2, -0.15) is 4.68 Å². The van der Waals surface area contributed by atoms with Crippen LogP contribution in [0.4, 0.5) is 0 Å². The predicted octanol–water partition coefficient (Wildman–Crippen LogP) is 3.43. The Balaban J connectivity index is 1.36. The zero-order chi connectivity index (χ0) is 28.8. The van der Waals surface area contributed by atoms with E-state index in [4.69, 9.17) is 16.3 Å². The van der Waals surface area contributed by atoms with Crippen LogP contribution in [-0.4, -0.2) is 62.6 Å². The minimum Gasteiger partial charge on any atom is -0.465 e. The summed E-state index contributed by atoms with van der Waals surface area (Å²) in [6.45, 7) is 0.739. The van der Waals surface area contributed by atoms with Crippen LogP contribution in [0, 0.1) is 0 Å². The minimum atomic E-state index is -0.807. The summed E-state index contributed by atoms with van der Waals surface area (Å²) in [5, 5.41) is 14.6. The summed E-state index contributed by atoms with van der Waals surface area (Å²) < 4.78 is 6.39. The molecular weight excluding hydrogens is 544 g/mol. The average Bonchev–Trinajstić information content (AvgIpc) is 3.54. The summed E-state index contributed by atoms with van der Waals surface area (Å²) in [6, 6.07) is 19.3. The van der Waals surface area contributed by atoms with Crippen molar-refractivity contribution in [3.63, 3.8) is 0 Å². The first-order chi connectivity index (χ1) is 19.9. The van der Waals surface area contributed by atoms with E-state index in [0.29, 0.717) is 47.8 Å². The van der Waals surface area contributed by atoms with E-state index in [0.717, 1.165) is 16.7 Å². The molecule has 41 heavy (non-hydrogen) atoms. The van der Waals surface area contributed by atoms with Gasteiger partial charge in [0.1, 0.15) is 12.4 Å². The van der Waals surface area contributed by atoms with Crippen molar-refractivity contribution in [2.24, 2.45) is 0 Å². The number of benzene rings is 3. The number of hydrogen-bond acceptors (Lipinski definition) is 7. The zero-order valence-corrected chi connectivity index (χ0v) is 23.0. The number of fused-ring (bicyclic) bond motifs is 1. The van der Waals surface area contributed by atoms with Gasteiger partial charge in [-0.1, -0.05) is 54.1 Å². The molecule has 0 spiro atoms. The monoisotopic (exact) mass is 570 g/mol. The van der Waals surface area contributed by atoms with E-state index in [9.17, 15) is 14.4 Å². The van der Waals surface area contributed by atoms with Gasteiger partial charge in [0.15, 0.2) is 0 Å². The molecule has 0 radical (unpaired) electrons. The fourth-order valence-corrected chi connectivity index (χ4v) is 5.07. The van der Waals surface area contributed by atoms with Crippen molar-refractivity contribution < 1.29 is 19.1 Å². The van der Waals surface area contributed by atoms with Crippen molar-refractivity contribution in [2.45, 2.75) is 25.4 Å². The maximum Gasteiger partial charge on any atom is 0.338 e. The molecule has 1 atom stereocenters. The molecule has 4 aromatic rings. The van der Waals surface area contributed by atoms with Crippen LogP contribution in [0.3, 0.4) is 0 Å². The summed E-state index contributed by atoms with van der Waals surface area (Å²) >= 11 is 6.20. The lowest BCUT2D eigenvalue weighted by Crippen LogP contribution is -2.50. The second-order valence-electron chi connectivity index (χ2n) is 9.49. The number of carbonyl (C=O) groups excluding carboxylic acids is 3. The Morgan fingerprint density at radius 1 is 1.10 bits per heavy atom. The normalized spacial score (nSPS) is 13.5. The molecule has 2 amide bonds. The number of rotatable bonds is 8. The van der Waals surface area contributed by atoms with Crippen LogP contribution < -0.4 is 5.32 Å². The van der Waals surface area contributed by atoms with Gasteiger partial charge in [-0.25, -0.2) is 4.79 Å². The lowest BCUT2D eigenvalue weighted by Gasteiger charge is -2.32. The molecule has 0 saturated heterocycles. The van der Waals surface area contributed by atoms with Gasteiger partial charge >= 0.3 is 5.97 Å². The topological polar surface area (TPSA) is 119 Å².